The normalized spacial score (nSPS) is 11.9. The molecule has 0 atom stereocenters. The van der Waals surface area contributed by atoms with E-state index in [4.69, 9.17) is 43.6 Å². The monoisotopic (exact) mass is 602 g/mol. The van der Waals surface area contributed by atoms with Gasteiger partial charge in [-0.15, -0.1) is 5.46 Å². The van der Waals surface area contributed by atoms with Crippen LogP contribution in [0.4, 0.5) is 0 Å². The van der Waals surface area contributed by atoms with E-state index in [1.165, 1.54) is 6.07 Å². The van der Waals surface area contributed by atoms with E-state index in [9.17, 15) is 10.2 Å². The molecule has 0 saturated heterocycles. The van der Waals surface area contributed by atoms with Crippen LogP contribution < -0.4 is 27.3 Å². The average molecular weight is 602 g/mol. The van der Waals surface area contributed by atoms with Gasteiger partial charge in [-0.3, -0.25) is 0 Å². The summed E-state index contributed by atoms with van der Waals surface area (Å²) in [6.45, 7) is 0. The van der Waals surface area contributed by atoms with Crippen molar-refractivity contribution >= 4 is 132 Å². The molecule has 0 aliphatic heterocycles. The third-order valence-electron chi connectivity index (χ3n) is 9.66. The Hall–Kier alpha value is -5.48. The van der Waals surface area contributed by atoms with Crippen LogP contribution in [0.5, 0.6) is 11.5 Å². The Labute approximate surface area is 282 Å². The van der Waals surface area contributed by atoms with Gasteiger partial charge in [-0.2, -0.15) is 0 Å². The van der Waals surface area contributed by atoms with Gasteiger partial charge >= 0.3 is 0 Å². The van der Waals surface area contributed by atoms with Crippen LogP contribution in [0.1, 0.15) is 0 Å². The van der Waals surface area contributed by atoms with Gasteiger partial charge in [0, 0.05) is 32.5 Å². The van der Waals surface area contributed by atoms with E-state index >= 15 is 0 Å². The predicted octanol–water partition coefficient (Wildman–Crippen LogP) is 4.91. The first-order chi connectivity index (χ1) is 23.2. The minimum absolute atomic E-state index is 0.0454. The topological polar surface area (TPSA) is 53.6 Å². The summed E-state index contributed by atoms with van der Waals surface area (Å²) < 4.78 is 6.40. The Morgan fingerprint density at radius 1 is 0.458 bits per heavy atom. The third-order valence-corrected chi connectivity index (χ3v) is 9.66. The van der Waals surface area contributed by atoms with Crippen LogP contribution in [0, 0.1) is 0 Å². The maximum Gasteiger partial charge on any atom is 0.143 e. The largest absolute Gasteiger partial charge is 0.508 e. The molecule has 9 rings (SSSR count). The highest BCUT2D eigenvalue weighted by Gasteiger charge is 2.27. The first kappa shape index (κ1) is 28.7. The molecule has 3 nitrogen and oxygen atoms in total. The molecule has 0 fully saturated rings. The van der Waals surface area contributed by atoms with Crippen LogP contribution in [0.15, 0.2) is 108 Å². The summed E-state index contributed by atoms with van der Waals surface area (Å²) in [5.74, 6) is -0.440. The molecule has 0 unspecified atom stereocenters. The number of phenolic OH excluding ortho intramolecular Hbond substituents is 2. The third kappa shape index (κ3) is 3.83. The Kier molecular flexibility index (Phi) is 6.14. The number of benzene rings is 8. The SMILES string of the molecule is [B]c1cc([B])c2c(-c3ccc4oc5c6ccccc6ccc5c4c3)c3c([B])c([B])c([B])c(O)c3c(-c3cccc4ccccc34)c2c1O. The lowest BCUT2D eigenvalue weighted by molar-refractivity contribution is 0.485. The zero-order valence-corrected chi connectivity index (χ0v) is 25.5. The lowest BCUT2D eigenvalue weighted by atomic mass is 9.66. The van der Waals surface area contributed by atoms with Crippen molar-refractivity contribution in [2.75, 3.05) is 0 Å². The molecule has 8 heteroatoms. The fourth-order valence-electron chi connectivity index (χ4n) is 7.44. The molecular formula is C40H19B5O3. The molecular weight excluding hydrogens is 582 g/mol. The zero-order chi connectivity index (χ0) is 33.0. The molecule has 0 aliphatic rings. The highest BCUT2D eigenvalue weighted by atomic mass is 16.3. The fourth-order valence-corrected chi connectivity index (χ4v) is 7.44. The van der Waals surface area contributed by atoms with E-state index in [-0.39, 0.29) is 33.4 Å². The van der Waals surface area contributed by atoms with Gasteiger partial charge in [0.15, 0.2) is 0 Å². The van der Waals surface area contributed by atoms with Crippen molar-refractivity contribution in [3.05, 3.63) is 103 Å². The van der Waals surface area contributed by atoms with Crippen LogP contribution >= 0.6 is 0 Å². The second kappa shape index (κ2) is 10.3. The van der Waals surface area contributed by atoms with Gasteiger partial charge < -0.3 is 14.6 Å². The van der Waals surface area contributed by atoms with Gasteiger partial charge in [-0.05, 0) is 61.8 Å². The predicted molar refractivity (Wildman–Crippen MR) is 205 cm³/mol. The molecule has 0 amide bonds. The fraction of sp³-hybridized carbons (Fsp3) is 0. The highest BCUT2D eigenvalue weighted by molar-refractivity contribution is 6.63. The van der Waals surface area contributed by atoms with Crippen LogP contribution in [0.3, 0.4) is 0 Å². The summed E-state index contributed by atoms with van der Waals surface area (Å²) in [5, 5.41) is 31.1. The van der Waals surface area contributed by atoms with Gasteiger partial charge in [0.2, 0.25) is 0 Å². The molecule has 1 aromatic heterocycles. The molecule has 0 aliphatic carbocycles. The number of hydrogen-bond acceptors (Lipinski definition) is 3. The molecule has 0 spiro atoms. The molecule has 2 N–H and O–H groups in total. The number of furan rings is 1. The summed E-state index contributed by atoms with van der Waals surface area (Å²) in [5.41, 5.74) is 4.52. The minimum atomic E-state index is -0.260. The zero-order valence-electron chi connectivity index (χ0n) is 25.5. The van der Waals surface area contributed by atoms with Gasteiger partial charge in [0.25, 0.3) is 0 Å². The summed E-state index contributed by atoms with van der Waals surface area (Å²) in [6.07, 6.45) is 0. The number of phenols is 2. The lowest BCUT2D eigenvalue weighted by Crippen LogP contribution is -2.39. The first-order valence-corrected chi connectivity index (χ1v) is 15.4. The van der Waals surface area contributed by atoms with Crippen LogP contribution in [0.2, 0.25) is 0 Å². The molecule has 9 aromatic rings. The van der Waals surface area contributed by atoms with Crippen molar-refractivity contribution < 1.29 is 14.6 Å². The number of rotatable bonds is 2. The van der Waals surface area contributed by atoms with Crippen molar-refractivity contribution in [1.82, 2.24) is 0 Å². The van der Waals surface area contributed by atoms with Crippen molar-refractivity contribution in [1.29, 1.82) is 0 Å². The number of fused-ring (bicyclic) bond motifs is 8. The summed E-state index contributed by atoms with van der Waals surface area (Å²) in [4.78, 5) is 0. The number of aromatic hydroxyl groups is 2. The Morgan fingerprint density at radius 3 is 1.94 bits per heavy atom. The molecule has 8 aromatic carbocycles. The van der Waals surface area contributed by atoms with Gasteiger partial charge in [0.1, 0.15) is 61.9 Å². The Balaban J connectivity index is 1.52. The summed E-state index contributed by atoms with van der Waals surface area (Å²) in [6, 6.07) is 33.2. The Bertz CT molecular complexity index is 2870. The lowest BCUT2D eigenvalue weighted by Gasteiger charge is -2.26. The molecule has 212 valence electrons. The molecule has 48 heavy (non-hydrogen) atoms. The summed E-state index contributed by atoms with van der Waals surface area (Å²) in [7, 11) is 33.0. The van der Waals surface area contributed by atoms with Crippen LogP contribution in [-0.4, -0.2) is 49.4 Å². The first-order valence-electron chi connectivity index (χ1n) is 15.4. The molecule has 1 heterocycles. The van der Waals surface area contributed by atoms with Crippen molar-refractivity contribution in [3.8, 4) is 33.8 Å². The van der Waals surface area contributed by atoms with E-state index in [0.29, 0.717) is 49.3 Å². The Morgan fingerprint density at radius 2 is 1.15 bits per heavy atom. The van der Waals surface area contributed by atoms with Gasteiger partial charge in [-0.25, -0.2) is 0 Å². The summed E-state index contributed by atoms with van der Waals surface area (Å²) >= 11 is 0. The van der Waals surface area contributed by atoms with Crippen molar-refractivity contribution in [2.45, 2.75) is 0 Å². The van der Waals surface area contributed by atoms with Crippen molar-refractivity contribution in [3.63, 3.8) is 0 Å². The highest BCUT2D eigenvalue weighted by Crippen LogP contribution is 2.49. The van der Waals surface area contributed by atoms with Gasteiger partial charge in [-0.1, -0.05) is 107 Å². The van der Waals surface area contributed by atoms with E-state index in [1.54, 1.807) is 0 Å². The standard InChI is InChI=1S/C40H19B5O3/c41-26-17-27(42)38(46)33-30(23-11-5-8-18-6-1-3-9-21(18)23)34-32(35(43)36(44)37(45)39(34)47)29(31(26)33)20-13-15-28-25(16-20)24-14-12-19-7-2-4-10-22(19)40(24)48-28/h1-17,46-47H. The molecule has 0 bridgehead atoms. The second-order valence-electron chi connectivity index (χ2n) is 12.2. The molecule has 10 radical (unpaired) electrons. The van der Waals surface area contributed by atoms with E-state index in [0.717, 1.165) is 43.5 Å². The maximum atomic E-state index is 11.9. The van der Waals surface area contributed by atoms with E-state index in [2.05, 4.69) is 12.1 Å². The molecule has 0 saturated carbocycles. The van der Waals surface area contributed by atoms with Gasteiger partial charge in [0.05, 0.1) is 0 Å². The number of hydrogen-bond donors (Lipinski definition) is 2. The van der Waals surface area contributed by atoms with E-state index in [1.807, 2.05) is 84.9 Å². The quantitative estimate of drug-likeness (QED) is 0.219. The van der Waals surface area contributed by atoms with Crippen molar-refractivity contribution in [2.24, 2.45) is 0 Å². The smallest absolute Gasteiger partial charge is 0.143 e. The average Bonchev–Trinajstić information content (AvgIpc) is 3.49. The van der Waals surface area contributed by atoms with E-state index < -0.39 is 0 Å². The second-order valence-corrected chi connectivity index (χ2v) is 12.2. The van der Waals surface area contributed by atoms with Crippen LogP contribution in [0.25, 0.3) is 87.3 Å². The van der Waals surface area contributed by atoms with Crippen LogP contribution in [-0.2, 0) is 0 Å². The maximum absolute atomic E-state index is 11.9. The minimum Gasteiger partial charge on any atom is -0.508 e.